The van der Waals surface area contributed by atoms with Gasteiger partial charge in [-0.15, -0.1) is 11.3 Å². The summed E-state index contributed by atoms with van der Waals surface area (Å²) in [5.74, 6) is 2.97. The van der Waals surface area contributed by atoms with Gasteiger partial charge in [-0.2, -0.15) is 0 Å². The summed E-state index contributed by atoms with van der Waals surface area (Å²) >= 11 is 1.72. The Bertz CT molecular complexity index is 562. The monoisotopic (exact) mass is 258 g/mol. The lowest BCUT2D eigenvalue weighted by Gasteiger charge is -2.22. The van der Waals surface area contributed by atoms with Gasteiger partial charge in [-0.1, -0.05) is 6.42 Å². The first-order chi connectivity index (χ1) is 8.88. The fraction of sp³-hybridized carbons (Fsp3) is 0.533. The van der Waals surface area contributed by atoms with Crippen molar-refractivity contribution in [3.8, 4) is 0 Å². The number of rotatable bonds is 3. The van der Waals surface area contributed by atoms with Crippen molar-refractivity contribution in [2.24, 2.45) is 17.8 Å². The molecule has 3 unspecified atom stereocenters. The Kier molecular flexibility index (Phi) is 2.54. The van der Waals surface area contributed by atoms with Crippen molar-refractivity contribution in [2.45, 2.75) is 25.7 Å². The number of hydrogen-bond donors (Lipinski definition) is 1. The van der Waals surface area contributed by atoms with E-state index in [1.165, 1.54) is 36.1 Å². The van der Waals surface area contributed by atoms with Crippen LogP contribution in [0.5, 0.6) is 0 Å². The van der Waals surface area contributed by atoms with E-state index in [1.807, 2.05) is 5.51 Å². The molecule has 0 spiro atoms. The zero-order valence-corrected chi connectivity index (χ0v) is 11.2. The number of anilines is 1. The summed E-state index contributed by atoms with van der Waals surface area (Å²) in [6, 6.07) is 6.52. The maximum atomic E-state index is 4.32. The van der Waals surface area contributed by atoms with E-state index in [1.54, 1.807) is 11.3 Å². The van der Waals surface area contributed by atoms with Crippen LogP contribution in [0.3, 0.4) is 0 Å². The topological polar surface area (TPSA) is 24.9 Å². The summed E-state index contributed by atoms with van der Waals surface area (Å²) in [6.07, 6.45) is 5.93. The van der Waals surface area contributed by atoms with E-state index >= 15 is 0 Å². The largest absolute Gasteiger partial charge is 0.385 e. The van der Waals surface area contributed by atoms with Gasteiger partial charge in [0.2, 0.25) is 0 Å². The van der Waals surface area contributed by atoms with Gasteiger partial charge in [0.05, 0.1) is 15.7 Å². The normalized spacial score (nSPS) is 30.1. The van der Waals surface area contributed by atoms with Gasteiger partial charge in [0.1, 0.15) is 0 Å². The van der Waals surface area contributed by atoms with Crippen LogP contribution in [0.1, 0.15) is 25.7 Å². The fourth-order valence-electron chi connectivity index (χ4n) is 3.84. The molecule has 94 valence electrons. The molecule has 2 aromatic rings. The molecule has 0 saturated heterocycles. The van der Waals surface area contributed by atoms with Crippen LogP contribution in [0.25, 0.3) is 10.2 Å². The van der Waals surface area contributed by atoms with Crippen molar-refractivity contribution in [3.63, 3.8) is 0 Å². The molecule has 2 nitrogen and oxygen atoms in total. The molecule has 2 aliphatic rings. The van der Waals surface area contributed by atoms with Crippen LogP contribution in [0.4, 0.5) is 5.69 Å². The first-order valence-electron chi connectivity index (χ1n) is 6.95. The van der Waals surface area contributed by atoms with E-state index in [0.29, 0.717) is 0 Å². The summed E-state index contributed by atoms with van der Waals surface area (Å²) in [5.41, 5.74) is 4.30. The standard InChI is InChI=1S/C15H18N2S/c1-2-11-5-10(1)6-12(11)8-16-13-3-4-14-15(7-13)18-9-17-14/h3-4,7,9-12,16H,1-2,5-6,8H2. The second kappa shape index (κ2) is 4.23. The van der Waals surface area contributed by atoms with E-state index in [-0.39, 0.29) is 0 Å². The molecule has 2 saturated carbocycles. The lowest BCUT2D eigenvalue weighted by molar-refractivity contribution is 0.348. The molecule has 3 atom stereocenters. The van der Waals surface area contributed by atoms with E-state index in [9.17, 15) is 0 Å². The third kappa shape index (κ3) is 1.81. The predicted octanol–water partition coefficient (Wildman–Crippen LogP) is 4.14. The molecule has 0 radical (unpaired) electrons. The van der Waals surface area contributed by atoms with E-state index in [2.05, 4.69) is 28.5 Å². The van der Waals surface area contributed by atoms with Gasteiger partial charge in [-0.3, -0.25) is 0 Å². The number of nitrogens with zero attached hydrogens (tertiary/aromatic N) is 1. The van der Waals surface area contributed by atoms with Crippen LogP contribution in [0.2, 0.25) is 0 Å². The van der Waals surface area contributed by atoms with Crippen molar-refractivity contribution in [3.05, 3.63) is 23.7 Å². The van der Waals surface area contributed by atoms with E-state index in [0.717, 1.165) is 29.8 Å². The first kappa shape index (κ1) is 10.8. The Morgan fingerprint density at radius 2 is 2.28 bits per heavy atom. The minimum atomic E-state index is 0.918. The summed E-state index contributed by atoms with van der Waals surface area (Å²) in [5, 5.41) is 3.63. The average Bonchev–Trinajstić information content (AvgIpc) is 3.11. The Labute approximate surface area is 111 Å². The molecule has 2 fully saturated rings. The Morgan fingerprint density at radius 3 is 3.11 bits per heavy atom. The molecule has 1 aromatic carbocycles. The van der Waals surface area contributed by atoms with E-state index < -0.39 is 0 Å². The highest BCUT2D eigenvalue weighted by Crippen LogP contribution is 2.48. The second-order valence-electron chi connectivity index (χ2n) is 5.85. The van der Waals surface area contributed by atoms with Crippen molar-refractivity contribution < 1.29 is 0 Å². The van der Waals surface area contributed by atoms with Crippen LogP contribution in [0, 0.1) is 17.8 Å². The molecule has 18 heavy (non-hydrogen) atoms. The number of benzene rings is 1. The van der Waals surface area contributed by atoms with Crippen LogP contribution in [-0.2, 0) is 0 Å². The molecule has 2 bridgehead atoms. The molecule has 1 aromatic heterocycles. The Balaban J connectivity index is 1.45. The van der Waals surface area contributed by atoms with Gasteiger partial charge in [-0.05, 0) is 55.2 Å². The number of thiazole rings is 1. The van der Waals surface area contributed by atoms with Crippen molar-refractivity contribution in [2.75, 3.05) is 11.9 Å². The maximum Gasteiger partial charge on any atom is 0.0813 e. The lowest BCUT2D eigenvalue weighted by Crippen LogP contribution is -2.20. The predicted molar refractivity (Wildman–Crippen MR) is 77.0 cm³/mol. The smallest absolute Gasteiger partial charge is 0.0813 e. The minimum Gasteiger partial charge on any atom is -0.385 e. The van der Waals surface area contributed by atoms with Crippen LogP contribution < -0.4 is 5.32 Å². The Morgan fingerprint density at radius 1 is 1.28 bits per heavy atom. The summed E-state index contributed by atoms with van der Waals surface area (Å²) in [6.45, 7) is 1.16. The fourth-order valence-corrected chi connectivity index (χ4v) is 4.56. The summed E-state index contributed by atoms with van der Waals surface area (Å²) in [4.78, 5) is 4.32. The first-order valence-corrected chi connectivity index (χ1v) is 7.83. The van der Waals surface area contributed by atoms with Gasteiger partial charge in [-0.25, -0.2) is 4.98 Å². The summed E-state index contributed by atoms with van der Waals surface area (Å²) in [7, 11) is 0. The third-order valence-corrected chi connectivity index (χ3v) is 5.58. The molecular weight excluding hydrogens is 240 g/mol. The zero-order chi connectivity index (χ0) is 11.9. The van der Waals surface area contributed by atoms with Crippen molar-refractivity contribution in [1.82, 2.24) is 4.98 Å². The van der Waals surface area contributed by atoms with Gasteiger partial charge in [0, 0.05) is 12.2 Å². The minimum absolute atomic E-state index is 0.918. The summed E-state index contributed by atoms with van der Waals surface area (Å²) < 4.78 is 1.29. The highest BCUT2D eigenvalue weighted by Gasteiger charge is 2.38. The number of hydrogen-bond acceptors (Lipinski definition) is 3. The molecule has 2 aliphatic carbocycles. The van der Waals surface area contributed by atoms with Crippen LogP contribution in [-0.4, -0.2) is 11.5 Å². The highest BCUT2D eigenvalue weighted by atomic mass is 32.1. The SMILES string of the molecule is c1nc2ccc(NCC3CC4CCC3C4)cc2s1. The van der Waals surface area contributed by atoms with Gasteiger partial charge < -0.3 is 5.32 Å². The van der Waals surface area contributed by atoms with Gasteiger partial charge in [0.15, 0.2) is 0 Å². The zero-order valence-electron chi connectivity index (χ0n) is 10.4. The Hall–Kier alpha value is -1.09. The maximum absolute atomic E-state index is 4.32. The number of aromatic nitrogens is 1. The number of nitrogens with one attached hydrogen (secondary N) is 1. The molecule has 0 amide bonds. The van der Waals surface area contributed by atoms with Crippen LogP contribution in [0.15, 0.2) is 23.7 Å². The quantitative estimate of drug-likeness (QED) is 0.894. The molecule has 3 heteroatoms. The molecule has 4 rings (SSSR count). The highest BCUT2D eigenvalue weighted by molar-refractivity contribution is 7.16. The molecule has 1 heterocycles. The van der Waals surface area contributed by atoms with Crippen molar-refractivity contribution in [1.29, 1.82) is 0 Å². The third-order valence-electron chi connectivity index (χ3n) is 4.78. The molecule has 0 aliphatic heterocycles. The molecular formula is C15H18N2S. The molecule has 1 N–H and O–H groups in total. The van der Waals surface area contributed by atoms with Gasteiger partial charge >= 0.3 is 0 Å². The van der Waals surface area contributed by atoms with E-state index in [4.69, 9.17) is 0 Å². The number of fused-ring (bicyclic) bond motifs is 3. The van der Waals surface area contributed by atoms with Crippen molar-refractivity contribution >= 4 is 27.2 Å². The van der Waals surface area contributed by atoms with Gasteiger partial charge in [0.25, 0.3) is 0 Å². The lowest BCUT2D eigenvalue weighted by atomic mass is 9.89. The second-order valence-corrected chi connectivity index (χ2v) is 6.74. The van der Waals surface area contributed by atoms with Crippen LogP contribution >= 0.6 is 11.3 Å². The average molecular weight is 258 g/mol.